The summed E-state index contributed by atoms with van der Waals surface area (Å²) in [6.07, 6.45) is 3.17. The number of anilines is 1. The third kappa shape index (κ3) is 3.38. The molecule has 3 rings (SSSR count). The van der Waals surface area contributed by atoms with Gasteiger partial charge in [-0.15, -0.1) is 0 Å². The first kappa shape index (κ1) is 16.0. The highest BCUT2D eigenvalue weighted by Gasteiger charge is 2.18. The molecule has 0 spiro atoms. The maximum absolute atomic E-state index is 12.5. The Morgan fingerprint density at radius 3 is 2.62 bits per heavy atom. The van der Waals surface area contributed by atoms with Crippen LogP contribution in [0.15, 0.2) is 53.2 Å². The van der Waals surface area contributed by atoms with Gasteiger partial charge in [0.25, 0.3) is 5.91 Å². The van der Waals surface area contributed by atoms with Crippen LogP contribution < -0.4 is 5.73 Å². The minimum absolute atomic E-state index is 0.197. The SMILES string of the molecule is CN(Cc1cnc(N)nc1)C(=O)c1ccc(-c2ccccc2Cl)o1. The number of benzene rings is 1. The summed E-state index contributed by atoms with van der Waals surface area (Å²) in [5.74, 6) is 0.741. The number of carbonyl (C=O) groups is 1. The molecule has 0 saturated carbocycles. The molecule has 0 unspecified atom stereocenters. The number of furan rings is 1. The van der Waals surface area contributed by atoms with Gasteiger partial charge in [0.2, 0.25) is 5.95 Å². The van der Waals surface area contributed by atoms with E-state index in [1.807, 2.05) is 18.2 Å². The van der Waals surface area contributed by atoms with Crippen molar-refractivity contribution in [3.8, 4) is 11.3 Å². The lowest BCUT2D eigenvalue weighted by Crippen LogP contribution is -2.26. The smallest absolute Gasteiger partial charge is 0.289 e. The molecule has 1 aromatic carbocycles. The summed E-state index contributed by atoms with van der Waals surface area (Å²) in [6, 6.07) is 10.7. The minimum atomic E-state index is -0.245. The summed E-state index contributed by atoms with van der Waals surface area (Å²) in [5.41, 5.74) is 6.97. The summed E-state index contributed by atoms with van der Waals surface area (Å²) < 4.78 is 5.66. The van der Waals surface area contributed by atoms with Crippen LogP contribution in [-0.4, -0.2) is 27.8 Å². The average Bonchev–Trinajstić information content (AvgIpc) is 3.06. The summed E-state index contributed by atoms with van der Waals surface area (Å²) in [5, 5.41) is 0.568. The first-order chi connectivity index (χ1) is 11.5. The van der Waals surface area contributed by atoms with Crippen molar-refractivity contribution in [2.24, 2.45) is 0 Å². The molecule has 6 nitrogen and oxygen atoms in total. The van der Waals surface area contributed by atoms with Crippen molar-refractivity contribution >= 4 is 23.5 Å². The fourth-order valence-electron chi connectivity index (χ4n) is 2.24. The van der Waals surface area contributed by atoms with Gasteiger partial charge in [0.15, 0.2) is 5.76 Å². The number of carbonyl (C=O) groups excluding carboxylic acids is 1. The third-order valence-corrected chi connectivity index (χ3v) is 3.78. The highest BCUT2D eigenvalue weighted by atomic mass is 35.5. The lowest BCUT2D eigenvalue weighted by atomic mass is 10.2. The van der Waals surface area contributed by atoms with Gasteiger partial charge in [-0.05, 0) is 24.3 Å². The van der Waals surface area contributed by atoms with Crippen LogP contribution in [0.25, 0.3) is 11.3 Å². The number of nitrogens with two attached hydrogens (primary N) is 1. The Balaban J connectivity index is 1.76. The van der Waals surface area contributed by atoms with Gasteiger partial charge in [-0.2, -0.15) is 0 Å². The Kier molecular flexibility index (Phi) is 4.48. The molecular weight excluding hydrogens is 328 g/mol. The molecular formula is C17H15ClN4O2. The predicted molar refractivity (Wildman–Crippen MR) is 91.4 cm³/mol. The second kappa shape index (κ2) is 6.72. The number of hydrogen-bond donors (Lipinski definition) is 1. The van der Waals surface area contributed by atoms with Crippen LogP contribution in [0.4, 0.5) is 5.95 Å². The fraction of sp³-hybridized carbons (Fsp3) is 0.118. The Bertz CT molecular complexity index is 861. The van der Waals surface area contributed by atoms with Crippen LogP contribution in [0.5, 0.6) is 0 Å². The van der Waals surface area contributed by atoms with Crippen molar-refractivity contribution in [2.45, 2.75) is 6.54 Å². The minimum Gasteiger partial charge on any atom is -0.451 e. The molecule has 2 aromatic heterocycles. The molecule has 2 heterocycles. The first-order valence-electron chi connectivity index (χ1n) is 7.21. The molecule has 0 atom stereocenters. The van der Waals surface area contributed by atoms with E-state index in [1.54, 1.807) is 37.6 Å². The van der Waals surface area contributed by atoms with E-state index in [0.717, 1.165) is 11.1 Å². The highest BCUT2D eigenvalue weighted by molar-refractivity contribution is 6.33. The van der Waals surface area contributed by atoms with E-state index in [-0.39, 0.29) is 17.6 Å². The summed E-state index contributed by atoms with van der Waals surface area (Å²) >= 11 is 6.15. The molecule has 7 heteroatoms. The van der Waals surface area contributed by atoms with Gasteiger partial charge >= 0.3 is 0 Å². The van der Waals surface area contributed by atoms with Crippen LogP contribution in [-0.2, 0) is 6.54 Å². The number of rotatable bonds is 4. The van der Waals surface area contributed by atoms with Crippen LogP contribution in [0, 0.1) is 0 Å². The van der Waals surface area contributed by atoms with Crippen LogP contribution in [0.3, 0.4) is 0 Å². The van der Waals surface area contributed by atoms with Crippen LogP contribution in [0.1, 0.15) is 16.1 Å². The van der Waals surface area contributed by atoms with E-state index >= 15 is 0 Å². The number of aromatic nitrogens is 2. The molecule has 122 valence electrons. The number of hydrogen-bond acceptors (Lipinski definition) is 5. The van der Waals surface area contributed by atoms with Crippen molar-refractivity contribution in [3.63, 3.8) is 0 Å². The molecule has 3 aromatic rings. The molecule has 0 saturated heterocycles. The Morgan fingerprint density at radius 2 is 1.92 bits per heavy atom. The van der Waals surface area contributed by atoms with Gasteiger partial charge in [-0.3, -0.25) is 4.79 Å². The highest BCUT2D eigenvalue weighted by Crippen LogP contribution is 2.29. The van der Waals surface area contributed by atoms with Crippen molar-refractivity contribution in [1.82, 2.24) is 14.9 Å². The standard InChI is InChI=1S/C17H15ClN4O2/c1-22(10-11-8-20-17(19)21-9-11)16(23)15-7-6-14(24-15)12-4-2-3-5-13(12)18/h2-9H,10H2,1H3,(H2,19,20,21). The van der Waals surface area contributed by atoms with Gasteiger partial charge < -0.3 is 15.1 Å². The maximum Gasteiger partial charge on any atom is 0.289 e. The second-order valence-electron chi connectivity index (χ2n) is 5.25. The molecule has 0 fully saturated rings. The van der Waals surface area contributed by atoms with Crippen molar-refractivity contribution < 1.29 is 9.21 Å². The largest absolute Gasteiger partial charge is 0.451 e. The van der Waals surface area contributed by atoms with E-state index in [9.17, 15) is 4.79 Å². The van der Waals surface area contributed by atoms with Crippen molar-refractivity contribution in [1.29, 1.82) is 0 Å². The van der Waals surface area contributed by atoms with E-state index in [2.05, 4.69) is 9.97 Å². The van der Waals surface area contributed by atoms with Gasteiger partial charge in [-0.1, -0.05) is 23.7 Å². The third-order valence-electron chi connectivity index (χ3n) is 3.45. The van der Waals surface area contributed by atoms with Crippen LogP contribution >= 0.6 is 11.6 Å². The maximum atomic E-state index is 12.5. The fourth-order valence-corrected chi connectivity index (χ4v) is 2.47. The zero-order valence-electron chi connectivity index (χ0n) is 12.9. The summed E-state index contributed by atoms with van der Waals surface area (Å²) in [4.78, 5) is 21.8. The van der Waals surface area contributed by atoms with Gasteiger partial charge in [0.05, 0.1) is 5.02 Å². The predicted octanol–water partition coefficient (Wildman–Crippen LogP) is 3.24. The molecule has 1 amide bonds. The van der Waals surface area contributed by atoms with Crippen molar-refractivity contribution in [2.75, 3.05) is 12.8 Å². The Hall–Kier alpha value is -2.86. The molecule has 2 N–H and O–H groups in total. The van der Waals surface area contributed by atoms with Crippen LogP contribution in [0.2, 0.25) is 5.02 Å². The van der Waals surface area contributed by atoms with Gasteiger partial charge in [0.1, 0.15) is 5.76 Å². The van der Waals surface area contributed by atoms with E-state index in [1.165, 1.54) is 4.90 Å². The number of halogens is 1. The Morgan fingerprint density at radius 1 is 1.21 bits per heavy atom. The quantitative estimate of drug-likeness (QED) is 0.786. The molecule has 0 radical (unpaired) electrons. The summed E-state index contributed by atoms with van der Waals surface area (Å²) in [6.45, 7) is 0.348. The van der Waals surface area contributed by atoms with E-state index < -0.39 is 0 Å². The Labute approximate surface area is 143 Å². The van der Waals surface area contributed by atoms with Gasteiger partial charge in [-0.25, -0.2) is 9.97 Å². The number of amides is 1. The number of nitrogens with zero attached hydrogens (tertiary/aromatic N) is 3. The number of nitrogen functional groups attached to an aromatic ring is 1. The summed E-state index contributed by atoms with van der Waals surface area (Å²) in [7, 11) is 1.68. The lowest BCUT2D eigenvalue weighted by Gasteiger charge is -2.15. The second-order valence-corrected chi connectivity index (χ2v) is 5.66. The lowest BCUT2D eigenvalue weighted by molar-refractivity contribution is 0.0754. The zero-order chi connectivity index (χ0) is 17.1. The normalized spacial score (nSPS) is 10.6. The molecule has 0 bridgehead atoms. The monoisotopic (exact) mass is 342 g/mol. The van der Waals surface area contributed by atoms with Crippen molar-refractivity contribution in [3.05, 3.63) is 65.1 Å². The molecule has 0 aliphatic rings. The molecule has 24 heavy (non-hydrogen) atoms. The first-order valence-corrected chi connectivity index (χ1v) is 7.59. The zero-order valence-corrected chi connectivity index (χ0v) is 13.7. The van der Waals surface area contributed by atoms with Gasteiger partial charge in [0, 0.05) is 37.1 Å². The molecule has 0 aliphatic heterocycles. The van der Waals surface area contributed by atoms with E-state index in [0.29, 0.717) is 17.3 Å². The molecule has 0 aliphatic carbocycles. The average molecular weight is 343 g/mol. The van der Waals surface area contributed by atoms with E-state index in [4.69, 9.17) is 21.8 Å². The topological polar surface area (TPSA) is 85.3 Å².